The molecule has 0 N–H and O–H groups in total. The summed E-state index contributed by atoms with van der Waals surface area (Å²) < 4.78 is 22.9. The monoisotopic (exact) mass is 463 g/mol. The van der Waals surface area contributed by atoms with Crippen LogP contribution in [0, 0.1) is 0 Å². The van der Waals surface area contributed by atoms with Gasteiger partial charge in [0.15, 0.2) is 0 Å². The third-order valence-electron chi connectivity index (χ3n) is 6.15. The van der Waals surface area contributed by atoms with Crippen molar-refractivity contribution in [3.8, 4) is 0 Å². The molecule has 0 aliphatic heterocycles. The molecular formula is C25H54NO4P. The summed E-state index contributed by atoms with van der Waals surface area (Å²) >= 11 is 0. The van der Waals surface area contributed by atoms with Gasteiger partial charge >= 0.3 is 0 Å². The summed E-state index contributed by atoms with van der Waals surface area (Å²) in [4.78, 5) is 11.9. The molecule has 6 heteroatoms. The summed E-state index contributed by atoms with van der Waals surface area (Å²) in [5, 5.41) is 0. The minimum Gasteiger partial charge on any atom is -0.756 e. The molecular weight excluding hydrogens is 409 g/mol. The average Bonchev–Trinajstić information content (AvgIpc) is 2.71. The first-order chi connectivity index (χ1) is 14.9. The van der Waals surface area contributed by atoms with Crippen molar-refractivity contribution < 1.29 is 23.0 Å². The molecule has 0 aliphatic rings. The van der Waals surface area contributed by atoms with Crippen LogP contribution in [0.2, 0.25) is 0 Å². The lowest BCUT2D eigenvalue weighted by atomic mass is 10.0. The van der Waals surface area contributed by atoms with Crippen molar-refractivity contribution in [2.75, 3.05) is 39.9 Å². The van der Waals surface area contributed by atoms with Gasteiger partial charge in [-0.1, -0.05) is 104 Å². The highest BCUT2D eigenvalue weighted by molar-refractivity contribution is 7.45. The van der Waals surface area contributed by atoms with E-state index in [9.17, 15) is 9.46 Å². The van der Waals surface area contributed by atoms with E-state index in [1.165, 1.54) is 70.6 Å². The molecule has 1 unspecified atom stereocenters. The number of unbranched alkanes of at least 4 members (excludes halogenated alkanes) is 13. The van der Waals surface area contributed by atoms with Crippen LogP contribution in [0.25, 0.3) is 0 Å². The Morgan fingerprint density at radius 3 is 1.39 bits per heavy atom. The summed E-state index contributed by atoms with van der Waals surface area (Å²) in [5.74, 6) is 0. The number of likely N-dealkylation sites (N-methyl/N-ethyl adjacent to an activating group) is 1. The standard InChI is InChI=1S/C25H54NO4P/c1-5-8-9-10-11-12-13-14-15-16-17-18-19-20-24-29-31(27,28)30-25-23-26(4,21-6-2)22-7-3/h5-25H2,1-4H3. The van der Waals surface area contributed by atoms with Gasteiger partial charge in [0.25, 0.3) is 7.82 Å². The van der Waals surface area contributed by atoms with E-state index >= 15 is 0 Å². The predicted molar refractivity (Wildman–Crippen MR) is 131 cm³/mol. The summed E-state index contributed by atoms with van der Waals surface area (Å²) in [6, 6.07) is 0. The van der Waals surface area contributed by atoms with Crippen LogP contribution in [-0.2, 0) is 13.6 Å². The third-order valence-corrected chi connectivity index (χ3v) is 7.15. The molecule has 0 bridgehead atoms. The molecule has 0 saturated heterocycles. The van der Waals surface area contributed by atoms with Crippen molar-refractivity contribution in [3.63, 3.8) is 0 Å². The maximum Gasteiger partial charge on any atom is 0.268 e. The minimum atomic E-state index is -4.16. The first-order valence-corrected chi connectivity index (χ1v) is 14.8. The second kappa shape index (κ2) is 20.7. The summed E-state index contributed by atoms with van der Waals surface area (Å²) in [5.41, 5.74) is 0. The van der Waals surface area contributed by atoms with Crippen LogP contribution < -0.4 is 4.89 Å². The Balaban J connectivity index is 3.55. The number of hydrogen-bond acceptors (Lipinski definition) is 4. The highest BCUT2D eigenvalue weighted by Gasteiger charge is 2.20. The van der Waals surface area contributed by atoms with Crippen LogP contribution in [0.3, 0.4) is 0 Å². The van der Waals surface area contributed by atoms with Gasteiger partial charge in [0.1, 0.15) is 13.2 Å². The Hall–Kier alpha value is 0.0700. The maximum absolute atomic E-state index is 11.9. The van der Waals surface area contributed by atoms with E-state index in [1.54, 1.807) is 0 Å². The molecule has 0 aromatic carbocycles. The predicted octanol–water partition coefficient (Wildman–Crippen LogP) is 7.24. The molecule has 0 saturated carbocycles. The maximum atomic E-state index is 11.9. The highest BCUT2D eigenvalue weighted by atomic mass is 31.2. The summed E-state index contributed by atoms with van der Waals surface area (Å²) in [6.07, 6.45) is 20.1. The summed E-state index contributed by atoms with van der Waals surface area (Å²) in [6.45, 7) is 9.82. The highest BCUT2D eigenvalue weighted by Crippen LogP contribution is 2.38. The SMILES string of the molecule is CCCCCCCCCCCCCCCCOP(=O)([O-])OCC[N+](C)(CCC)CCC. The number of phosphoric ester groups is 1. The van der Waals surface area contributed by atoms with Crippen molar-refractivity contribution in [1.82, 2.24) is 0 Å². The van der Waals surface area contributed by atoms with E-state index in [2.05, 4.69) is 27.8 Å². The molecule has 0 heterocycles. The van der Waals surface area contributed by atoms with Gasteiger partial charge in [0.2, 0.25) is 0 Å². The van der Waals surface area contributed by atoms with Gasteiger partial charge in [-0.2, -0.15) is 0 Å². The van der Waals surface area contributed by atoms with Gasteiger partial charge in [0.05, 0.1) is 26.7 Å². The van der Waals surface area contributed by atoms with E-state index in [0.717, 1.165) is 49.7 Å². The van der Waals surface area contributed by atoms with Crippen LogP contribution in [0.1, 0.15) is 124 Å². The van der Waals surface area contributed by atoms with Gasteiger partial charge in [-0.25, -0.2) is 0 Å². The average molecular weight is 464 g/mol. The molecule has 5 nitrogen and oxygen atoms in total. The molecule has 0 aromatic rings. The molecule has 31 heavy (non-hydrogen) atoms. The van der Waals surface area contributed by atoms with Crippen molar-refractivity contribution in [3.05, 3.63) is 0 Å². The van der Waals surface area contributed by atoms with Gasteiger partial charge < -0.3 is 18.4 Å². The quantitative estimate of drug-likeness (QED) is 0.0860. The Kier molecular flexibility index (Phi) is 20.7. The second-order valence-electron chi connectivity index (χ2n) is 9.50. The summed E-state index contributed by atoms with van der Waals surface area (Å²) in [7, 11) is -1.99. The first kappa shape index (κ1) is 31.1. The molecule has 0 aromatic heterocycles. The molecule has 0 amide bonds. The van der Waals surface area contributed by atoms with Gasteiger partial charge in [0, 0.05) is 0 Å². The van der Waals surface area contributed by atoms with Gasteiger partial charge in [-0.05, 0) is 19.3 Å². The van der Waals surface area contributed by atoms with Crippen LogP contribution in [0.4, 0.5) is 0 Å². The van der Waals surface area contributed by atoms with Crippen molar-refractivity contribution in [2.24, 2.45) is 0 Å². The Bertz CT molecular complexity index is 428. The Labute approximate surface area is 194 Å². The zero-order valence-electron chi connectivity index (χ0n) is 21.4. The van der Waals surface area contributed by atoms with Gasteiger partial charge in [-0.3, -0.25) is 4.57 Å². The molecule has 1 atom stereocenters. The van der Waals surface area contributed by atoms with Gasteiger partial charge in [-0.15, -0.1) is 0 Å². The Morgan fingerprint density at radius 2 is 0.968 bits per heavy atom. The fourth-order valence-electron chi connectivity index (χ4n) is 4.30. The molecule has 0 aliphatic carbocycles. The van der Waals surface area contributed by atoms with Crippen LogP contribution in [0.5, 0.6) is 0 Å². The van der Waals surface area contributed by atoms with Crippen molar-refractivity contribution in [1.29, 1.82) is 0 Å². The van der Waals surface area contributed by atoms with E-state index in [4.69, 9.17) is 9.05 Å². The van der Waals surface area contributed by atoms with Crippen LogP contribution in [0.15, 0.2) is 0 Å². The number of quaternary nitrogens is 1. The number of phosphoric acid groups is 1. The van der Waals surface area contributed by atoms with Crippen molar-refractivity contribution in [2.45, 2.75) is 124 Å². The zero-order chi connectivity index (χ0) is 23.3. The first-order valence-electron chi connectivity index (χ1n) is 13.3. The van der Waals surface area contributed by atoms with Crippen molar-refractivity contribution >= 4 is 7.82 Å². The lowest BCUT2D eigenvalue weighted by Gasteiger charge is -2.35. The largest absolute Gasteiger partial charge is 0.756 e. The van der Waals surface area contributed by atoms with E-state index < -0.39 is 7.82 Å². The third kappa shape index (κ3) is 20.4. The second-order valence-corrected chi connectivity index (χ2v) is 10.9. The van der Waals surface area contributed by atoms with E-state index in [1.807, 2.05) is 0 Å². The normalized spacial score (nSPS) is 14.1. The molecule has 0 rings (SSSR count). The lowest BCUT2D eigenvalue weighted by molar-refractivity contribution is -0.909. The Morgan fingerprint density at radius 1 is 0.581 bits per heavy atom. The van der Waals surface area contributed by atoms with Crippen LogP contribution in [-0.4, -0.2) is 44.4 Å². The van der Waals surface area contributed by atoms with E-state index in [0.29, 0.717) is 6.54 Å². The lowest BCUT2D eigenvalue weighted by Crippen LogP contribution is -2.47. The van der Waals surface area contributed by atoms with E-state index in [-0.39, 0.29) is 13.2 Å². The number of hydrogen-bond donors (Lipinski definition) is 0. The number of nitrogens with zero attached hydrogens (tertiary/aromatic N) is 1. The zero-order valence-corrected chi connectivity index (χ0v) is 22.3. The smallest absolute Gasteiger partial charge is 0.268 e. The molecule has 0 fully saturated rings. The number of rotatable bonds is 24. The fraction of sp³-hybridized carbons (Fsp3) is 1.00. The minimum absolute atomic E-state index is 0.204. The topological polar surface area (TPSA) is 58.6 Å². The molecule has 0 spiro atoms. The fourth-order valence-corrected chi connectivity index (χ4v) is 5.03. The van der Waals surface area contributed by atoms with Crippen LogP contribution >= 0.6 is 7.82 Å². The molecule has 188 valence electrons. The molecule has 0 radical (unpaired) electrons.